The number of aliphatic carboxylic acids is 1. The van der Waals surface area contributed by atoms with Gasteiger partial charge in [-0.05, 0) is 18.6 Å². The molecule has 2 aliphatic rings. The molecule has 1 N–H and O–H groups in total. The van der Waals surface area contributed by atoms with Gasteiger partial charge >= 0.3 is 5.97 Å². The smallest absolute Gasteiger partial charge is 0.303 e. The van der Waals surface area contributed by atoms with Crippen LogP contribution in [-0.4, -0.2) is 17.2 Å². The standard InChI is InChI=1S/C11H12O3/c12-11(13)4-2-8-1-3-10-9(7-8)5-6-14-10/h1,3,5-7,9-10H,2,4H2,(H,12,13). The second-order valence-electron chi connectivity index (χ2n) is 3.50. The van der Waals surface area contributed by atoms with Gasteiger partial charge in [0.15, 0.2) is 0 Å². The molecule has 1 aliphatic heterocycles. The van der Waals surface area contributed by atoms with Crippen LogP contribution in [-0.2, 0) is 9.53 Å². The maximum atomic E-state index is 10.4. The lowest BCUT2D eigenvalue weighted by atomic mass is 9.93. The molecule has 0 radical (unpaired) electrons. The summed E-state index contributed by atoms with van der Waals surface area (Å²) in [6, 6.07) is 0. The molecule has 0 bridgehead atoms. The van der Waals surface area contributed by atoms with Crippen LogP contribution in [0.4, 0.5) is 0 Å². The highest BCUT2D eigenvalue weighted by Gasteiger charge is 2.23. The lowest BCUT2D eigenvalue weighted by Gasteiger charge is -2.17. The van der Waals surface area contributed by atoms with Gasteiger partial charge in [-0.3, -0.25) is 4.79 Å². The molecule has 0 aromatic heterocycles. The number of ether oxygens (including phenoxy) is 1. The van der Waals surface area contributed by atoms with E-state index in [0.717, 1.165) is 5.57 Å². The number of hydrogen-bond donors (Lipinski definition) is 1. The third-order valence-corrected chi connectivity index (χ3v) is 2.45. The van der Waals surface area contributed by atoms with E-state index in [-0.39, 0.29) is 12.5 Å². The fraction of sp³-hybridized carbons (Fsp3) is 0.364. The van der Waals surface area contributed by atoms with E-state index in [1.807, 2.05) is 18.2 Å². The number of allylic oxidation sites excluding steroid dienone is 2. The molecule has 14 heavy (non-hydrogen) atoms. The molecule has 0 saturated heterocycles. The molecule has 74 valence electrons. The predicted molar refractivity (Wildman–Crippen MR) is 51.6 cm³/mol. The van der Waals surface area contributed by atoms with Gasteiger partial charge in [-0.15, -0.1) is 0 Å². The number of carboxylic acids is 1. The molecule has 0 amide bonds. The monoisotopic (exact) mass is 192 g/mol. The van der Waals surface area contributed by atoms with Gasteiger partial charge in [0.2, 0.25) is 0 Å². The first-order valence-electron chi connectivity index (χ1n) is 4.68. The molecule has 1 heterocycles. The average molecular weight is 192 g/mol. The molecule has 2 unspecified atom stereocenters. The normalized spacial score (nSPS) is 28.1. The summed E-state index contributed by atoms with van der Waals surface area (Å²) in [5, 5.41) is 8.54. The largest absolute Gasteiger partial charge is 0.493 e. The fourth-order valence-corrected chi connectivity index (χ4v) is 1.69. The second kappa shape index (κ2) is 3.70. The van der Waals surface area contributed by atoms with Crippen molar-refractivity contribution in [2.45, 2.75) is 18.9 Å². The van der Waals surface area contributed by atoms with E-state index >= 15 is 0 Å². The summed E-state index contributed by atoms with van der Waals surface area (Å²) < 4.78 is 5.30. The van der Waals surface area contributed by atoms with Crippen LogP contribution in [0.25, 0.3) is 0 Å². The maximum absolute atomic E-state index is 10.4. The highest BCUT2D eigenvalue weighted by Crippen LogP contribution is 2.27. The first kappa shape index (κ1) is 9.06. The Kier molecular flexibility index (Phi) is 2.39. The van der Waals surface area contributed by atoms with E-state index in [1.54, 1.807) is 6.26 Å². The Morgan fingerprint density at radius 3 is 3.14 bits per heavy atom. The highest BCUT2D eigenvalue weighted by atomic mass is 16.5. The SMILES string of the molecule is O=C(O)CCC1=CC2C=COC2C=C1. The lowest BCUT2D eigenvalue weighted by Crippen LogP contribution is -2.15. The average Bonchev–Trinajstić information content (AvgIpc) is 2.61. The molecule has 0 aromatic carbocycles. The van der Waals surface area contributed by atoms with Crippen molar-refractivity contribution >= 4 is 5.97 Å². The minimum atomic E-state index is -0.750. The molecule has 0 spiro atoms. The highest BCUT2D eigenvalue weighted by molar-refractivity contribution is 5.67. The Hall–Kier alpha value is -1.51. The van der Waals surface area contributed by atoms with Crippen molar-refractivity contribution in [2.24, 2.45) is 5.92 Å². The molecule has 0 aromatic rings. The zero-order valence-corrected chi connectivity index (χ0v) is 7.72. The molecule has 1 aliphatic carbocycles. The van der Waals surface area contributed by atoms with Crippen LogP contribution >= 0.6 is 0 Å². The summed E-state index contributed by atoms with van der Waals surface area (Å²) in [6.07, 6.45) is 10.6. The van der Waals surface area contributed by atoms with Crippen molar-refractivity contribution in [2.75, 3.05) is 0 Å². The van der Waals surface area contributed by atoms with E-state index in [1.165, 1.54) is 0 Å². The van der Waals surface area contributed by atoms with Crippen LogP contribution in [0.3, 0.4) is 0 Å². The van der Waals surface area contributed by atoms with Gasteiger partial charge in [-0.2, -0.15) is 0 Å². The Morgan fingerprint density at radius 1 is 1.50 bits per heavy atom. The number of carboxylic acid groups (broad SMARTS) is 1. The zero-order valence-electron chi connectivity index (χ0n) is 7.72. The molecular formula is C11H12O3. The summed E-state index contributed by atoms with van der Waals surface area (Å²) in [5.41, 5.74) is 1.09. The van der Waals surface area contributed by atoms with Crippen molar-refractivity contribution in [1.82, 2.24) is 0 Å². The summed E-state index contributed by atoms with van der Waals surface area (Å²) >= 11 is 0. The molecule has 3 heteroatoms. The van der Waals surface area contributed by atoms with Crippen LogP contribution in [0.5, 0.6) is 0 Å². The summed E-state index contributed by atoms with van der Waals surface area (Å²) in [6.45, 7) is 0. The molecule has 2 rings (SSSR count). The van der Waals surface area contributed by atoms with Crippen LogP contribution < -0.4 is 0 Å². The summed E-state index contributed by atoms with van der Waals surface area (Å²) in [5.74, 6) is -0.455. The van der Waals surface area contributed by atoms with Gasteiger partial charge in [0.05, 0.1) is 6.26 Å². The van der Waals surface area contributed by atoms with Gasteiger partial charge in [0.25, 0.3) is 0 Å². The third-order valence-electron chi connectivity index (χ3n) is 2.45. The Bertz CT molecular complexity index is 325. The van der Waals surface area contributed by atoms with Crippen molar-refractivity contribution in [3.05, 3.63) is 36.1 Å². The minimum Gasteiger partial charge on any atom is -0.493 e. The maximum Gasteiger partial charge on any atom is 0.303 e. The number of carbonyl (C=O) groups is 1. The molecule has 0 saturated carbocycles. The zero-order chi connectivity index (χ0) is 9.97. The number of hydrogen-bond acceptors (Lipinski definition) is 2. The molecule has 3 nitrogen and oxygen atoms in total. The van der Waals surface area contributed by atoms with Gasteiger partial charge < -0.3 is 9.84 Å². The minimum absolute atomic E-state index is 0.128. The van der Waals surface area contributed by atoms with E-state index < -0.39 is 5.97 Å². The fourth-order valence-electron chi connectivity index (χ4n) is 1.69. The second-order valence-corrected chi connectivity index (χ2v) is 3.50. The van der Waals surface area contributed by atoms with E-state index in [2.05, 4.69) is 6.08 Å². The summed E-state index contributed by atoms with van der Waals surface area (Å²) in [7, 11) is 0. The Morgan fingerprint density at radius 2 is 2.36 bits per heavy atom. The Balaban J connectivity index is 1.97. The van der Waals surface area contributed by atoms with Gasteiger partial charge in [0, 0.05) is 12.3 Å². The van der Waals surface area contributed by atoms with Gasteiger partial charge in [-0.25, -0.2) is 0 Å². The van der Waals surface area contributed by atoms with Crippen molar-refractivity contribution in [3.63, 3.8) is 0 Å². The van der Waals surface area contributed by atoms with Crippen LogP contribution in [0, 0.1) is 5.92 Å². The topological polar surface area (TPSA) is 46.5 Å². The quantitative estimate of drug-likeness (QED) is 0.742. The van der Waals surface area contributed by atoms with Crippen molar-refractivity contribution in [3.8, 4) is 0 Å². The molecular weight excluding hydrogens is 180 g/mol. The van der Waals surface area contributed by atoms with E-state index in [0.29, 0.717) is 12.3 Å². The molecule has 2 atom stereocenters. The van der Waals surface area contributed by atoms with E-state index in [4.69, 9.17) is 9.84 Å². The lowest BCUT2D eigenvalue weighted by molar-refractivity contribution is -0.136. The molecule has 0 fully saturated rings. The van der Waals surface area contributed by atoms with Crippen molar-refractivity contribution in [1.29, 1.82) is 0 Å². The number of rotatable bonds is 3. The Labute approximate surface area is 82.4 Å². The first-order chi connectivity index (χ1) is 6.75. The van der Waals surface area contributed by atoms with Gasteiger partial charge in [-0.1, -0.05) is 17.7 Å². The van der Waals surface area contributed by atoms with Crippen molar-refractivity contribution < 1.29 is 14.6 Å². The predicted octanol–water partition coefficient (Wildman–Crippen LogP) is 1.88. The third kappa shape index (κ3) is 1.87. The summed E-state index contributed by atoms with van der Waals surface area (Å²) in [4.78, 5) is 10.4. The van der Waals surface area contributed by atoms with Crippen LogP contribution in [0.1, 0.15) is 12.8 Å². The first-order valence-corrected chi connectivity index (χ1v) is 4.68. The van der Waals surface area contributed by atoms with Crippen LogP contribution in [0.2, 0.25) is 0 Å². The van der Waals surface area contributed by atoms with Gasteiger partial charge in [0.1, 0.15) is 6.10 Å². The van der Waals surface area contributed by atoms with E-state index in [9.17, 15) is 4.79 Å². The van der Waals surface area contributed by atoms with Crippen LogP contribution in [0.15, 0.2) is 36.1 Å². The number of fused-ring (bicyclic) bond motifs is 1.